The molecule has 0 fully saturated rings. The van der Waals surface area contributed by atoms with Gasteiger partial charge >= 0.3 is 5.97 Å². The van der Waals surface area contributed by atoms with Gasteiger partial charge in [0.2, 0.25) is 0 Å². The van der Waals surface area contributed by atoms with Gasteiger partial charge in [0.25, 0.3) is 0 Å². The molecular formula is C23H20ClFN4O2S. The Hall–Kier alpha value is -2.97. The molecule has 0 saturated heterocycles. The van der Waals surface area contributed by atoms with Crippen LogP contribution in [0.1, 0.15) is 35.7 Å². The lowest BCUT2D eigenvalue weighted by molar-refractivity contribution is 0.0516. The number of esters is 1. The van der Waals surface area contributed by atoms with Crippen molar-refractivity contribution in [1.29, 1.82) is 0 Å². The van der Waals surface area contributed by atoms with E-state index in [-0.39, 0.29) is 18.1 Å². The Morgan fingerprint density at radius 3 is 2.47 bits per heavy atom. The number of thioether (sulfide) groups is 1. The lowest BCUT2D eigenvalue weighted by Crippen LogP contribution is -2.16. The number of fused-ring (bicyclic) bond motifs is 1. The van der Waals surface area contributed by atoms with Crippen LogP contribution in [-0.2, 0) is 16.9 Å². The molecule has 0 atom stereocenters. The first-order chi connectivity index (χ1) is 15.5. The number of hydrogen-bond acceptors (Lipinski definition) is 6. The fourth-order valence-electron chi connectivity index (χ4n) is 3.32. The molecule has 164 valence electrons. The van der Waals surface area contributed by atoms with Crippen molar-refractivity contribution in [2.24, 2.45) is 0 Å². The normalized spacial score (nSPS) is 11.1. The summed E-state index contributed by atoms with van der Waals surface area (Å²) < 4.78 is 20.3. The van der Waals surface area contributed by atoms with E-state index in [1.807, 2.05) is 31.2 Å². The number of benzene rings is 2. The van der Waals surface area contributed by atoms with E-state index >= 15 is 0 Å². The molecular weight excluding hydrogens is 451 g/mol. The highest BCUT2D eigenvalue weighted by atomic mass is 35.5. The van der Waals surface area contributed by atoms with Crippen molar-refractivity contribution in [2.75, 3.05) is 6.61 Å². The second-order valence-electron chi connectivity index (χ2n) is 6.88. The van der Waals surface area contributed by atoms with E-state index in [9.17, 15) is 9.18 Å². The number of aromatic nitrogens is 4. The molecule has 0 spiro atoms. The zero-order valence-electron chi connectivity index (χ0n) is 17.5. The predicted molar refractivity (Wildman–Crippen MR) is 123 cm³/mol. The van der Waals surface area contributed by atoms with Gasteiger partial charge in [-0.2, -0.15) is 5.10 Å². The largest absolute Gasteiger partial charge is 0.461 e. The molecule has 0 unspecified atom stereocenters. The minimum atomic E-state index is -0.550. The highest BCUT2D eigenvalue weighted by Gasteiger charge is 2.24. The first kappa shape index (κ1) is 22.2. The van der Waals surface area contributed by atoms with E-state index < -0.39 is 5.97 Å². The number of nitrogens with zero attached hydrogens (tertiary/aromatic N) is 4. The van der Waals surface area contributed by atoms with Crippen molar-refractivity contribution in [2.45, 2.75) is 30.9 Å². The Bertz CT molecular complexity index is 1260. The average molecular weight is 471 g/mol. The molecule has 4 rings (SSSR count). The summed E-state index contributed by atoms with van der Waals surface area (Å²) in [6.07, 6.45) is 0.634. The molecule has 6 nitrogen and oxygen atoms in total. The number of carbonyl (C=O) groups excluding carboxylic acids is 1. The summed E-state index contributed by atoms with van der Waals surface area (Å²) in [5, 5.41) is 13.9. The summed E-state index contributed by atoms with van der Waals surface area (Å²) in [4.78, 5) is 13.6. The number of ether oxygens (including phenoxy) is 1. The summed E-state index contributed by atoms with van der Waals surface area (Å²) in [6, 6.07) is 13.6. The van der Waals surface area contributed by atoms with Gasteiger partial charge < -0.3 is 4.74 Å². The molecule has 0 saturated carbocycles. The Kier molecular flexibility index (Phi) is 6.72. The maximum Gasteiger partial charge on any atom is 0.360 e. The molecule has 9 heteroatoms. The molecule has 0 aliphatic carbocycles. The van der Waals surface area contributed by atoms with Gasteiger partial charge in [0.15, 0.2) is 11.3 Å². The molecule has 0 aliphatic rings. The second kappa shape index (κ2) is 9.67. The quantitative estimate of drug-likeness (QED) is 0.258. The van der Waals surface area contributed by atoms with Crippen molar-refractivity contribution in [3.05, 3.63) is 76.5 Å². The summed E-state index contributed by atoms with van der Waals surface area (Å²) >= 11 is 7.51. The first-order valence-electron chi connectivity index (χ1n) is 10.1. The Balaban J connectivity index is 1.85. The second-order valence-corrected chi connectivity index (χ2v) is 8.36. The van der Waals surface area contributed by atoms with Crippen LogP contribution >= 0.6 is 23.4 Å². The Labute approximate surface area is 193 Å². The van der Waals surface area contributed by atoms with Gasteiger partial charge in [-0.15, -0.1) is 22.0 Å². The smallest absolute Gasteiger partial charge is 0.360 e. The van der Waals surface area contributed by atoms with Crippen molar-refractivity contribution < 1.29 is 13.9 Å². The number of carbonyl (C=O) groups is 1. The number of halogens is 2. The van der Waals surface area contributed by atoms with Gasteiger partial charge in [0.1, 0.15) is 5.82 Å². The van der Waals surface area contributed by atoms with Gasteiger partial charge in [0.05, 0.1) is 23.6 Å². The molecule has 0 N–H and O–H groups in total. The number of hydrogen-bond donors (Lipinski definition) is 0. The molecule has 0 aliphatic heterocycles. The van der Waals surface area contributed by atoms with Crippen LogP contribution in [0.15, 0.2) is 53.4 Å². The minimum absolute atomic E-state index is 0.122. The third-order valence-electron chi connectivity index (χ3n) is 4.83. The third kappa shape index (κ3) is 4.47. The average Bonchev–Trinajstić information content (AvgIpc) is 3.18. The molecule has 2 aromatic heterocycles. The van der Waals surface area contributed by atoms with Crippen LogP contribution in [0.25, 0.3) is 16.8 Å². The molecule has 2 aromatic carbocycles. The van der Waals surface area contributed by atoms with Gasteiger partial charge in [0, 0.05) is 15.7 Å². The molecule has 32 heavy (non-hydrogen) atoms. The fraction of sp³-hybridized carbons (Fsp3) is 0.217. The van der Waals surface area contributed by atoms with Crippen molar-refractivity contribution in [1.82, 2.24) is 19.8 Å². The van der Waals surface area contributed by atoms with E-state index in [1.54, 1.807) is 23.6 Å². The summed E-state index contributed by atoms with van der Waals surface area (Å²) in [5.74, 6) is -0.459. The maximum atomic E-state index is 13.5. The molecule has 0 radical (unpaired) electrons. The van der Waals surface area contributed by atoms with Gasteiger partial charge in [-0.1, -0.05) is 30.7 Å². The number of rotatable bonds is 7. The molecule has 0 bridgehead atoms. The Morgan fingerprint density at radius 2 is 1.81 bits per heavy atom. The van der Waals surface area contributed by atoms with E-state index in [1.165, 1.54) is 23.9 Å². The first-order valence-corrected chi connectivity index (χ1v) is 11.5. The van der Waals surface area contributed by atoms with Crippen molar-refractivity contribution in [3.8, 4) is 11.1 Å². The van der Waals surface area contributed by atoms with Crippen LogP contribution in [0.5, 0.6) is 0 Å². The van der Waals surface area contributed by atoms with E-state index in [4.69, 9.17) is 21.4 Å². The van der Waals surface area contributed by atoms with Gasteiger partial charge in [-0.25, -0.2) is 13.7 Å². The predicted octanol–water partition coefficient (Wildman–Crippen LogP) is 5.62. The van der Waals surface area contributed by atoms with Crippen LogP contribution in [-0.4, -0.2) is 32.4 Å². The van der Waals surface area contributed by atoms with Crippen LogP contribution in [0, 0.1) is 5.82 Å². The SMILES string of the molecule is CCOC(=O)c1nnc2c(-c3ccc(F)cc3)c(CC)nn2c1CSc1ccc(Cl)cc1. The van der Waals surface area contributed by atoms with E-state index in [0.29, 0.717) is 28.5 Å². The fourth-order valence-corrected chi connectivity index (χ4v) is 4.34. The van der Waals surface area contributed by atoms with Crippen LogP contribution in [0.4, 0.5) is 4.39 Å². The standard InChI is InChI=1S/C23H20ClFN4O2S/c1-3-18-20(14-5-9-16(25)10-6-14)22-27-26-21(23(30)31-4-2)19(29(22)28-18)13-32-17-11-7-15(24)8-12-17/h5-12H,3-4,13H2,1-2H3. The van der Waals surface area contributed by atoms with Crippen molar-refractivity contribution in [3.63, 3.8) is 0 Å². The monoisotopic (exact) mass is 470 g/mol. The Morgan fingerprint density at radius 1 is 1.09 bits per heavy atom. The lowest BCUT2D eigenvalue weighted by Gasteiger charge is -2.10. The van der Waals surface area contributed by atoms with Crippen LogP contribution in [0.3, 0.4) is 0 Å². The minimum Gasteiger partial charge on any atom is -0.461 e. The molecule has 0 amide bonds. The third-order valence-corrected chi connectivity index (χ3v) is 6.11. The van der Waals surface area contributed by atoms with Gasteiger partial charge in [-0.05, 0) is 55.3 Å². The summed E-state index contributed by atoms with van der Waals surface area (Å²) in [7, 11) is 0. The summed E-state index contributed by atoms with van der Waals surface area (Å²) in [5.41, 5.74) is 3.55. The highest BCUT2D eigenvalue weighted by molar-refractivity contribution is 7.98. The summed E-state index contributed by atoms with van der Waals surface area (Å²) in [6.45, 7) is 3.95. The lowest BCUT2D eigenvalue weighted by atomic mass is 10.0. The highest BCUT2D eigenvalue weighted by Crippen LogP contribution is 2.31. The zero-order valence-corrected chi connectivity index (χ0v) is 19.1. The van der Waals surface area contributed by atoms with Gasteiger partial charge in [-0.3, -0.25) is 0 Å². The van der Waals surface area contributed by atoms with Crippen LogP contribution in [0.2, 0.25) is 5.02 Å². The zero-order chi connectivity index (χ0) is 22.7. The van der Waals surface area contributed by atoms with E-state index in [2.05, 4.69) is 10.2 Å². The maximum absolute atomic E-state index is 13.5. The van der Waals surface area contributed by atoms with E-state index in [0.717, 1.165) is 21.7 Å². The molecule has 4 aromatic rings. The topological polar surface area (TPSA) is 69.4 Å². The van der Waals surface area contributed by atoms with Crippen LogP contribution < -0.4 is 0 Å². The number of aryl methyl sites for hydroxylation is 1. The van der Waals surface area contributed by atoms with Crippen molar-refractivity contribution >= 4 is 35.0 Å². The molecule has 2 heterocycles.